The molecule has 7 nitrogen and oxygen atoms in total. The zero-order valence-corrected chi connectivity index (χ0v) is 13.7. The van der Waals surface area contributed by atoms with Gasteiger partial charge in [-0.3, -0.25) is 9.36 Å². The van der Waals surface area contributed by atoms with Crippen molar-refractivity contribution in [1.82, 2.24) is 14.5 Å². The van der Waals surface area contributed by atoms with Gasteiger partial charge in [-0.05, 0) is 37.1 Å². The number of nitrogens with zero attached hydrogens (tertiary/aromatic N) is 3. The fourth-order valence-corrected chi connectivity index (χ4v) is 2.96. The number of nitrogens with one attached hydrogen (secondary N) is 1. The zero-order chi connectivity index (χ0) is 17.3. The first-order valence-electron chi connectivity index (χ1n) is 8.22. The number of anilines is 1. The molecule has 128 valence electrons. The average Bonchev–Trinajstić information content (AvgIpc) is 3.07. The Bertz CT molecular complexity index is 897. The lowest BCUT2D eigenvalue weighted by Crippen LogP contribution is -2.54. The Hall–Kier alpha value is -2.77. The van der Waals surface area contributed by atoms with Crippen molar-refractivity contribution in [2.24, 2.45) is 5.73 Å². The molecule has 3 aromatic rings. The lowest BCUT2D eigenvalue weighted by molar-refractivity contribution is -0.124. The minimum Gasteiger partial charge on any atom is -0.381 e. The van der Waals surface area contributed by atoms with Gasteiger partial charge in [0, 0.05) is 13.2 Å². The van der Waals surface area contributed by atoms with E-state index in [-0.39, 0.29) is 5.91 Å². The summed E-state index contributed by atoms with van der Waals surface area (Å²) in [6.45, 7) is 1.02. The van der Waals surface area contributed by atoms with Crippen molar-refractivity contribution < 1.29 is 9.53 Å². The second-order valence-electron chi connectivity index (χ2n) is 6.23. The summed E-state index contributed by atoms with van der Waals surface area (Å²) in [4.78, 5) is 21.2. The van der Waals surface area contributed by atoms with E-state index in [1.165, 1.54) is 0 Å². The smallest absolute Gasteiger partial charge is 0.244 e. The first kappa shape index (κ1) is 15.7. The molecule has 3 N–H and O–H groups in total. The van der Waals surface area contributed by atoms with Gasteiger partial charge in [0.2, 0.25) is 5.91 Å². The van der Waals surface area contributed by atoms with E-state index in [1.807, 2.05) is 41.0 Å². The normalized spacial score (nSPS) is 16.7. The Morgan fingerprint density at radius 1 is 1.16 bits per heavy atom. The van der Waals surface area contributed by atoms with Crippen LogP contribution in [-0.4, -0.2) is 39.2 Å². The van der Waals surface area contributed by atoms with Crippen LogP contribution in [0.2, 0.25) is 0 Å². The number of ether oxygens (including phenoxy) is 1. The highest BCUT2D eigenvalue weighted by atomic mass is 16.5. The van der Waals surface area contributed by atoms with E-state index in [0.717, 1.165) is 16.9 Å². The van der Waals surface area contributed by atoms with Crippen LogP contribution in [-0.2, 0) is 9.53 Å². The summed E-state index contributed by atoms with van der Waals surface area (Å²) >= 11 is 0. The fraction of sp³-hybridized carbons (Fsp3) is 0.278. The SMILES string of the molecule is NC1(C(=O)Nc2ccc(-n3cnc4ccccc43)nc2)CCOCC1. The summed E-state index contributed by atoms with van der Waals surface area (Å²) in [5.74, 6) is 0.540. The Balaban J connectivity index is 1.53. The van der Waals surface area contributed by atoms with Crippen molar-refractivity contribution in [3.05, 3.63) is 48.9 Å². The summed E-state index contributed by atoms with van der Waals surface area (Å²) in [7, 11) is 0. The number of pyridine rings is 1. The molecule has 1 saturated heterocycles. The fourth-order valence-electron chi connectivity index (χ4n) is 2.96. The Morgan fingerprint density at radius 2 is 1.96 bits per heavy atom. The topological polar surface area (TPSA) is 95.1 Å². The number of fused-ring (bicyclic) bond motifs is 1. The molecule has 7 heteroatoms. The van der Waals surface area contributed by atoms with Gasteiger partial charge in [-0.25, -0.2) is 9.97 Å². The maximum absolute atomic E-state index is 12.4. The second kappa shape index (κ2) is 6.27. The summed E-state index contributed by atoms with van der Waals surface area (Å²) < 4.78 is 7.18. The van der Waals surface area contributed by atoms with Crippen molar-refractivity contribution in [2.75, 3.05) is 18.5 Å². The number of imidazole rings is 1. The van der Waals surface area contributed by atoms with Gasteiger partial charge in [0.25, 0.3) is 0 Å². The van der Waals surface area contributed by atoms with E-state index >= 15 is 0 Å². The molecule has 0 radical (unpaired) electrons. The number of para-hydroxylation sites is 2. The Labute approximate surface area is 144 Å². The Kier molecular flexibility index (Phi) is 3.95. The van der Waals surface area contributed by atoms with Crippen LogP contribution in [0.25, 0.3) is 16.9 Å². The van der Waals surface area contributed by atoms with Crippen LogP contribution >= 0.6 is 0 Å². The van der Waals surface area contributed by atoms with Crippen LogP contribution in [0.1, 0.15) is 12.8 Å². The van der Waals surface area contributed by atoms with Crippen LogP contribution in [0.3, 0.4) is 0 Å². The first-order valence-corrected chi connectivity index (χ1v) is 8.22. The quantitative estimate of drug-likeness (QED) is 0.761. The molecule has 1 aromatic carbocycles. The van der Waals surface area contributed by atoms with E-state index in [4.69, 9.17) is 10.5 Å². The number of hydrogen-bond donors (Lipinski definition) is 2. The molecular formula is C18H19N5O2. The molecule has 0 bridgehead atoms. The number of carbonyl (C=O) groups is 1. The number of rotatable bonds is 3. The second-order valence-corrected chi connectivity index (χ2v) is 6.23. The van der Waals surface area contributed by atoms with Crippen molar-refractivity contribution in [2.45, 2.75) is 18.4 Å². The number of nitrogens with two attached hydrogens (primary N) is 1. The predicted octanol–water partition coefficient (Wildman–Crippen LogP) is 1.87. The van der Waals surface area contributed by atoms with Crippen LogP contribution in [0.15, 0.2) is 48.9 Å². The summed E-state index contributed by atoms with van der Waals surface area (Å²) in [6, 6.07) is 11.5. The molecule has 1 amide bonds. The summed E-state index contributed by atoms with van der Waals surface area (Å²) in [5.41, 5.74) is 7.83. The van der Waals surface area contributed by atoms with Crippen LogP contribution in [0.5, 0.6) is 0 Å². The largest absolute Gasteiger partial charge is 0.381 e. The monoisotopic (exact) mass is 337 g/mol. The van der Waals surface area contributed by atoms with Crippen molar-refractivity contribution in [3.8, 4) is 5.82 Å². The van der Waals surface area contributed by atoms with Gasteiger partial charge in [0.1, 0.15) is 17.7 Å². The van der Waals surface area contributed by atoms with Gasteiger partial charge in [0.15, 0.2) is 0 Å². The van der Waals surface area contributed by atoms with Crippen LogP contribution < -0.4 is 11.1 Å². The van der Waals surface area contributed by atoms with E-state index in [9.17, 15) is 4.79 Å². The van der Waals surface area contributed by atoms with Gasteiger partial charge in [-0.15, -0.1) is 0 Å². The molecule has 3 heterocycles. The molecule has 1 fully saturated rings. The highest BCUT2D eigenvalue weighted by Crippen LogP contribution is 2.21. The van der Waals surface area contributed by atoms with Gasteiger partial charge >= 0.3 is 0 Å². The molecule has 0 spiro atoms. The Morgan fingerprint density at radius 3 is 2.72 bits per heavy atom. The minimum atomic E-state index is -0.878. The van der Waals surface area contributed by atoms with Crippen molar-refractivity contribution in [3.63, 3.8) is 0 Å². The molecule has 0 saturated carbocycles. The number of carbonyl (C=O) groups excluding carboxylic acids is 1. The molecule has 25 heavy (non-hydrogen) atoms. The lowest BCUT2D eigenvalue weighted by Gasteiger charge is -2.31. The molecule has 0 unspecified atom stereocenters. The molecule has 4 rings (SSSR count). The van der Waals surface area contributed by atoms with Crippen molar-refractivity contribution in [1.29, 1.82) is 0 Å². The molecule has 0 atom stereocenters. The summed E-state index contributed by atoms with van der Waals surface area (Å²) in [5, 5.41) is 2.85. The molecule has 1 aliphatic heterocycles. The lowest BCUT2D eigenvalue weighted by atomic mass is 9.90. The molecule has 1 aliphatic rings. The molecule has 2 aromatic heterocycles. The van der Waals surface area contributed by atoms with E-state index in [2.05, 4.69) is 15.3 Å². The maximum atomic E-state index is 12.4. The van der Waals surface area contributed by atoms with Gasteiger partial charge in [0.05, 0.1) is 22.9 Å². The maximum Gasteiger partial charge on any atom is 0.244 e. The number of amides is 1. The minimum absolute atomic E-state index is 0.196. The first-order chi connectivity index (χ1) is 12.2. The summed E-state index contributed by atoms with van der Waals surface area (Å²) in [6.07, 6.45) is 4.41. The van der Waals surface area contributed by atoms with E-state index < -0.39 is 5.54 Å². The number of benzene rings is 1. The highest BCUT2D eigenvalue weighted by Gasteiger charge is 2.35. The van der Waals surface area contributed by atoms with Crippen LogP contribution in [0, 0.1) is 0 Å². The highest BCUT2D eigenvalue weighted by molar-refractivity contribution is 5.98. The third-order valence-corrected chi connectivity index (χ3v) is 4.54. The van der Waals surface area contributed by atoms with Gasteiger partial charge in [-0.1, -0.05) is 12.1 Å². The van der Waals surface area contributed by atoms with Gasteiger partial charge in [-0.2, -0.15) is 0 Å². The molecule has 0 aliphatic carbocycles. The average molecular weight is 337 g/mol. The van der Waals surface area contributed by atoms with Gasteiger partial charge < -0.3 is 15.8 Å². The standard InChI is InChI=1S/C18H19N5O2/c19-18(7-9-25-10-8-18)17(24)22-13-5-6-16(20-11-13)23-12-21-14-3-1-2-4-15(14)23/h1-6,11-12H,7-10,19H2,(H,22,24). The van der Waals surface area contributed by atoms with E-state index in [1.54, 1.807) is 12.5 Å². The third kappa shape index (κ3) is 2.99. The van der Waals surface area contributed by atoms with E-state index in [0.29, 0.717) is 31.7 Å². The van der Waals surface area contributed by atoms with Crippen molar-refractivity contribution >= 4 is 22.6 Å². The number of aromatic nitrogens is 3. The molecular weight excluding hydrogens is 318 g/mol. The predicted molar refractivity (Wildman–Crippen MR) is 94.5 cm³/mol. The number of hydrogen-bond acceptors (Lipinski definition) is 5. The van der Waals surface area contributed by atoms with Crippen LogP contribution in [0.4, 0.5) is 5.69 Å². The third-order valence-electron chi connectivity index (χ3n) is 4.54. The zero-order valence-electron chi connectivity index (χ0n) is 13.7.